The van der Waals surface area contributed by atoms with E-state index in [1.807, 2.05) is 13.8 Å². The van der Waals surface area contributed by atoms with Crippen molar-refractivity contribution in [3.8, 4) is 0 Å². The van der Waals surface area contributed by atoms with Gasteiger partial charge in [0.25, 0.3) is 0 Å². The summed E-state index contributed by atoms with van der Waals surface area (Å²) in [5.41, 5.74) is 5.60. The van der Waals surface area contributed by atoms with Gasteiger partial charge in [0.05, 0.1) is 12.3 Å². The lowest BCUT2D eigenvalue weighted by molar-refractivity contribution is -0.134. The highest BCUT2D eigenvalue weighted by atomic mass is 19.4. The van der Waals surface area contributed by atoms with Crippen LogP contribution in [0.3, 0.4) is 0 Å². The molecule has 0 saturated heterocycles. The molecule has 7 heteroatoms. The topological polar surface area (TPSA) is 64.9 Å². The summed E-state index contributed by atoms with van der Waals surface area (Å²) in [6.07, 6.45) is -4.63. The molecule has 1 aromatic heterocycles. The average molecular weight is 265 g/mol. The molecular weight excluding hydrogens is 247 g/mol. The summed E-state index contributed by atoms with van der Waals surface area (Å²) >= 11 is 0. The molecule has 4 nitrogen and oxygen atoms in total. The van der Waals surface area contributed by atoms with Crippen LogP contribution in [0.2, 0.25) is 0 Å². The monoisotopic (exact) mass is 265 g/mol. The fourth-order valence-corrected chi connectivity index (χ4v) is 1.66. The number of hydrogen-bond donors (Lipinski definition) is 1. The maximum Gasteiger partial charge on any atom is 0.389 e. The van der Waals surface area contributed by atoms with E-state index >= 15 is 0 Å². The minimum Gasteiger partial charge on any atom is -0.339 e. The zero-order chi connectivity index (χ0) is 13.8. The van der Waals surface area contributed by atoms with Crippen LogP contribution >= 0.6 is 0 Å². The summed E-state index contributed by atoms with van der Waals surface area (Å²) in [5.74, 6) is 0.745. The second kappa shape index (κ2) is 6.17. The molecule has 1 heterocycles. The first-order valence-electron chi connectivity index (χ1n) is 5.91. The molecular formula is C11H18F3N3O. The number of halogens is 3. The molecule has 0 radical (unpaired) electrons. The molecule has 0 aliphatic heterocycles. The predicted octanol–water partition coefficient (Wildman–Crippen LogP) is 2.65. The number of aromatic nitrogens is 2. The van der Waals surface area contributed by atoms with Crippen LogP contribution in [0.15, 0.2) is 4.52 Å². The second-order valence-electron chi connectivity index (χ2n) is 4.73. The maximum absolute atomic E-state index is 12.0. The molecule has 0 spiro atoms. The van der Waals surface area contributed by atoms with Gasteiger partial charge in [-0.3, -0.25) is 0 Å². The molecule has 1 unspecified atom stereocenters. The van der Waals surface area contributed by atoms with Gasteiger partial charge in [0, 0.05) is 13.0 Å². The highest BCUT2D eigenvalue weighted by Gasteiger charge is 2.28. The molecule has 0 amide bonds. The van der Waals surface area contributed by atoms with Gasteiger partial charge in [-0.2, -0.15) is 18.2 Å². The Morgan fingerprint density at radius 1 is 1.33 bits per heavy atom. The Morgan fingerprint density at radius 3 is 2.50 bits per heavy atom. The molecule has 0 saturated carbocycles. The third kappa shape index (κ3) is 5.03. The van der Waals surface area contributed by atoms with Gasteiger partial charge in [-0.05, 0) is 12.3 Å². The summed E-state index contributed by atoms with van der Waals surface area (Å²) in [7, 11) is 0. The zero-order valence-electron chi connectivity index (χ0n) is 10.5. The smallest absolute Gasteiger partial charge is 0.339 e. The highest BCUT2D eigenvalue weighted by Crippen LogP contribution is 2.24. The molecule has 0 aliphatic rings. The lowest BCUT2D eigenvalue weighted by Crippen LogP contribution is -2.15. The number of alkyl halides is 3. The normalized spacial score (nSPS) is 14.2. The molecule has 0 aromatic carbocycles. The van der Waals surface area contributed by atoms with Gasteiger partial charge in [-0.1, -0.05) is 19.0 Å². The summed E-state index contributed by atoms with van der Waals surface area (Å²) in [4.78, 5) is 3.98. The van der Waals surface area contributed by atoms with E-state index in [0.29, 0.717) is 18.4 Å². The summed E-state index contributed by atoms with van der Waals surface area (Å²) in [6.45, 7) is 4.41. The fraction of sp³-hybridized carbons (Fsp3) is 0.818. The number of aryl methyl sites for hydroxylation is 1. The van der Waals surface area contributed by atoms with Crippen molar-refractivity contribution in [3.63, 3.8) is 0 Å². The summed E-state index contributed by atoms with van der Waals surface area (Å²) in [5, 5.41) is 3.55. The molecule has 1 atom stereocenters. The van der Waals surface area contributed by atoms with Crippen LogP contribution in [0.1, 0.15) is 44.3 Å². The van der Waals surface area contributed by atoms with E-state index in [2.05, 4.69) is 10.1 Å². The van der Waals surface area contributed by atoms with Gasteiger partial charge in [0.1, 0.15) is 0 Å². The zero-order valence-corrected chi connectivity index (χ0v) is 10.5. The largest absolute Gasteiger partial charge is 0.389 e. The highest BCUT2D eigenvalue weighted by molar-refractivity contribution is 4.95. The first-order valence-corrected chi connectivity index (χ1v) is 5.91. The van der Waals surface area contributed by atoms with E-state index in [1.54, 1.807) is 0 Å². The van der Waals surface area contributed by atoms with E-state index in [1.165, 1.54) is 0 Å². The van der Waals surface area contributed by atoms with Gasteiger partial charge in [-0.15, -0.1) is 0 Å². The summed E-state index contributed by atoms with van der Waals surface area (Å²) in [6, 6.07) is 0. The molecule has 18 heavy (non-hydrogen) atoms. The van der Waals surface area contributed by atoms with E-state index in [-0.39, 0.29) is 18.2 Å². The van der Waals surface area contributed by atoms with Crippen LogP contribution in [0.5, 0.6) is 0 Å². The van der Waals surface area contributed by atoms with Crippen molar-refractivity contribution in [1.29, 1.82) is 0 Å². The SMILES string of the molecule is CC(C)CC(CN)c1nc(CCC(F)(F)F)no1. The molecule has 2 N–H and O–H groups in total. The lowest BCUT2D eigenvalue weighted by atomic mass is 9.97. The molecule has 1 aromatic rings. The van der Waals surface area contributed by atoms with Gasteiger partial charge < -0.3 is 10.3 Å². The molecule has 104 valence electrons. The third-order valence-electron chi connectivity index (χ3n) is 2.51. The maximum atomic E-state index is 12.0. The van der Waals surface area contributed by atoms with E-state index in [4.69, 9.17) is 10.3 Å². The van der Waals surface area contributed by atoms with Crippen molar-refractivity contribution in [2.75, 3.05) is 6.54 Å². The van der Waals surface area contributed by atoms with Crippen molar-refractivity contribution in [1.82, 2.24) is 10.1 Å². The van der Waals surface area contributed by atoms with Crippen LogP contribution in [0.25, 0.3) is 0 Å². The Hall–Kier alpha value is -1.11. The Kier molecular flexibility index (Phi) is 5.13. The van der Waals surface area contributed by atoms with Gasteiger partial charge >= 0.3 is 6.18 Å². The van der Waals surface area contributed by atoms with Crippen LogP contribution < -0.4 is 5.73 Å². The Morgan fingerprint density at radius 2 is 2.00 bits per heavy atom. The Balaban J connectivity index is 2.61. The third-order valence-corrected chi connectivity index (χ3v) is 2.51. The van der Waals surface area contributed by atoms with Crippen LogP contribution in [0, 0.1) is 5.92 Å². The molecule has 0 bridgehead atoms. The minimum atomic E-state index is -4.20. The summed E-state index contributed by atoms with van der Waals surface area (Å²) < 4.78 is 41.1. The second-order valence-corrected chi connectivity index (χ2v) is 4.73. The predicted molar refractivity (Wildman–Crippen MR) is 59.9 cm³/mol. The van der Waals surface area contributed by atoms with Crippen molar-refractivity contribution < 1.29 is 17.7 Å². The van der Waals surface area contributed by atoms with Crippen molar-refractivity contribution >= 4 is 0 Å². The van der Waals surface area contributed by atoms with Gasteiger partial charge in [0.2, 0.25) is 5.89 Å². The van der Waals surface area contributed by atoms with Crippen molar-refractivity contribution in [3.05, 3.63) is 11.7 Å². The Bertz CT molecular complexity index is 363. The number of nitrogens with zero attached hydrogens (tertiary/aromatic N) is 2. The molecule has 0 aliphatic carbocycles. The van der Waals surface area contributed by atoms with Crippen LogP contribution in [-0.2, 0) is 6.42 Å². The van der Waals surface area contributed by atoms with E-state index in [9.17, 15) is 13.2 Å². The van der Waals surface area contributed by atoms with Gasteiger partial charge in [0.15, 0.2) is 5.82 Å². The van der Waals surface area contributed by atoms with Crippen LogP contribution in [-0.4, -0.2) is 22.9 Å². The van der Waals surface area contributed by atoms with Crippen molar-refractivity contribution in [2.45, 2.75) is 45.2 Å². The number of nitrogens with two attached hydrogens (primary N) is 1. The molecule has 0 fully saturated rings. The quantitative estimate of drug-likeness (QED) is 0.858. The van der Waals surface area contributed by atoms with Gasteiger partial charge in [-0.25, -0.2) is 0 Å². The van der Waals surface area contributed by atoms with E-state index < -0.39 is 12.6 Å². The Labute approximate surface area is 104 Å². The first kappa shape index (κ1) is 14.9. The number of rotatable bonds is 6. The lowest BCUT2D eigenvalue weighted by Gasteiger charge is -2.11. The standard InChI is InChI=1S/C11H18F3N3O/c1-7(2)5-8(6-15)10-16-9(17-18-10)3-4-11(12,13)14/h7-8H,3-6,15H2,1-2H3. The van der Waals surface area contributed by atoms with Crippen LogP contribution in [0.4, 0.5) is 13.2 Å². The average Bonchev–Trinajstić information content (AvgIpc) is 2.70. The fourth-order valence-electron chi connectivity index (χ4n) is 1.66. The van der Waals surface area contributed by atoms with Crippen molar-refractivity contribution in [2.24, 2.45) is 11.7 Å². The first-order chi connectivity index (χ1) is 8.31. The molecule has 1 rings (SSSR count). The number of hydrogen-bond acceptors (Lipinski definition) is 4. The minimum absolute atomic E-state index is 0.0860. The van der Waals surface area contributed by atoms with E-state index in [0.717, 1.165) is 6.42 Å².